The van der Waals surface area contributed by atoms with Crippen molar-refractivity contribution in [2.45, 2.75) is 111 Å². The Morgan fingerprint density at radius 1 is 0.739 bits per heavy atom. The first kappa shape index (κ1) is 21.9. The summed E-state index contributed by atoms with van der Waals surface area (Å²) < 4.78 is 10.8. The third-order valence-electron chi connectivity index (χ3n) is 3.83. The fourth-order valence-corrected chi connectivity index (χ4v) is 2.55. The highest BCUT2D eigenvalue weighted by atomic mass is 16.5. The van der Waals surface area contributed by atoms with E-state index in [1.807, 2.05) is 6.92 Å². The van der Waals surface area contributed by atoms with Gasteiger partial charge in [0.1, 0.15) is 6.10 Å². The third kappa shape index (κ3) is 13.1. The topological polar surface area (TPSA) is 52.6 Å². The van der Waals surface area contributed by atoms with Crippen molar-refractivity contribution in [3.8, 4) is 0 Å². The minimum absolute atomic E-state index is 0.0282. The molecule has 0 fully saturated rings. The van der Waals surface area contributed by atoms with Crippen LogP contribution in [-0.4, -0.2) is 24.1 Å². The number of hydrogen-bond donors (Lipinski definition) is 0. The van der Waals surface area contributed by atoms with Crippen LogP contribution >= 0.6 is 0 Å². The van der Waals surface area contributed by atoms with Gasteiger partial charge in [0, 0.05) is 12.8 Å². The van der Waals surface area contributed by atoms with Gasteiger partial charge in [-0.2, -0.15) is 0 Å². The van der Waals surface area contributed by atoms with Gasteiger partial charge in [0.15, 0.2) is 0 Å². The molecule has 1 unspecified atom stereocenters. The number of hydrogen-bond acceptors (Lipinski definition) is 4. The first-order valence-corrected chi connectivity index (χ1v) is 9.42. The van der Waals surface area contributed by atoms with Crippen molar-refractivity contribution < 1.29 is 19.1 Å². The van der Waals surface area contributed by atoms with Crippen molar-refractivity contribution in [1.82, 2.24) is 0 Å². The summed E-state index contributed by atoms with van der Waals surface area (Å²) >= 11 is 0. The van der Waals surface area contributed by atoms with Crippen LogP contribution in [0.3, 0.4) is 0 Å². The first-order valence-electron chi connectivity index (χ1n) is 9.42. The molecule has 0 heterocycles. The standard InChI is InChI=1S/C19H36O4/c1-5-8-9-13-16(4)22-18(20)14-10-15-19(21)23-17(11-6-2)12-7-3/h16-17H,5-15H2,1-4H3. The maximum atomic E-state index is 11.8. The number of carbonyl (C=O) groups excluding carboxylic acids is 2. The van der Waals surface area contributed by atoms with Crippen LogP contribution in [0.25, 0.3) is 0 Å². The van der Waals surface area contributed by atoms with Crippen LogP contribution in [0.15, 0.2) is 0 Å². The van der Waals surface area contributed by atoms with Crippen LogP contribution in [-0.2, 0) is 19.1 Å². The normalized spacial score (nSPS) is 12.2. The predicted molar refractivity (Wildman–Crippen MR) is 93.2 cm³/mol. The van der Waals surface area contributed by atoms with Crippen LogP contribution in [0.5, 0.6) is 0 Å². The minimum atomic E-state index is -0.208. The molecular weight excluding hydrogens is 292 g/mol. The number of carbonyl (C=O) groups is 2. The molecule has 23 heavy (non-hydrogen) atoms. The van der Waals surface area contributed by atoms with E-state index in [1.165, 1.54) is 12.8 Å². The zero-order valence-electron chi connectivity index (χ0n) is 15.6. The lowest BCUT2D eigenvalue weighted by Crippen LogP contribution is -2.18. The van der Waals surface area contributed by atoms with Gasteiger partial charge in [-0.3, -0.25) is 9.59 Å². The van der Waals surface area contributed by atoms with Crippen LogP contribution < -0.4 is 0 Å². The molecule has 0 saturated carbocycles. The van der Waals surface area contributed by atoms with E-state index in [4.69, 9.17) is 9.47 Å². The monoisotopic (exact) mass is 328 g/mol. The number of rotatable bonds is 14. The van der Waals surface area contributed by atoms with E-state index in [0.717, 1.165) is 38.5 Å². The number of esters is 2. The van der Waals surface area contributed by atoms with Gasteiger partial charge >= 0.3 is 11.9 Å². The molecule has 136 valence electrons. The van der Waals surface area contributed by atoms with Gasteiger partial charge in [0.2, 0.25) is 0 Å². The van der Waals surface area contributed by atoms with E-state index in [9.17, 15) is 9.59 Å². The van der Waals surface area contributed by atoms with Crippen molar-refractivity contribution in [2.75, 3.05) is 0 Å². The van der Waals surface area contributed by atoms with E-state index in [0.29, 0.717) is 19.3 Å². The second kappa shape index (κ2) is 14.5. The summed E-state index contributed by atoms with van der Waals surface area (Å²) in [6.07, 6.45) is 9.29. The van der Waals surface area contributed by atoms with Crippen LogP contribution in [0.1, 0.15) is 98.3 Å². The second-order valence-corrected chi connectivity index (χ2v) is 6.34. The molecule has 0 N–H and O–H groups in total. The van der Waals surface area contributed by atoms with Crippen LogP contribution in [0.2, 0.25) is 0 Å². The van der Waals surface area contributed by atoms with Crippen molar-refractivity contribution in [2.24, 2.45) is 0 Å². The average molecular weight is 328 g/mol. The van der Waals surface area contributed by atoms with E-state index in [-0.39, 0.29) is 24.1 Å². The molecule has 4 nitrogen and oxygen atoms in total. The van der Waals surface area contributed by atoms with Gasteiger partial charge in [-0.25, -0.2) is 0 Å². The van der Waals surface area contributed by atoms with Gasteiger partial charge in [-0.15, -0.1) is 0 Å². The highest BCUT2D eigenvalue weighted by molar-refractivity contribution is 5.72. The molecule has 0 amide bonds. The zero-order valence-corrected chi connectivity index (χ0v) is 15.6. The SMILES string of the molecule is CCCCCC(C)OC(=O)CCCC(=O)OC(CCC)CCC. The minimum Gasteiger partial charge on any atom is -0.463 e. The van der Waals surface area contributed by atoms with Gasteiger partial charge in [-0.05, 0) is 39.0 Å². The third-order valence-corrected chi connectivity index (χ3v) is 3.83. The van der Waals surface area contributed by atoms with Crippen LogP contribution in [0.4, 0.5) is 0 Å². The molecule has 0 aliphatic carbocycles. The molecule has 0 aliphatic heterocycles. The summed E-state index contributed by atoms with van der Waals surface area (Å²) in [6.45, 7) is 8.27. The molecule has 0 aromatic rings. The van der Waals surface area contributed by atoms with Crippen molar-refractivity contribution >= 4 is 11.9 Å². The first-order chi connectivity index (χ1) is 11.0. The molecule has 0 bridgehead atoms. The van der Waals surface area contributed by atoms with Crippen molar-refractivity contribution in [1.29, 1.82) is 0 Å². The Bertz CT molecular complexity index is 308. The quantitative estimate of drug-likeness (QED) is 0.325. The summed E-state index contributed by atoms with van der Waals surface area (Å²) in [7, 11) is 0. The maximum Gasteiger partial charge on any atom is 0.306 e. The zero-order chi connectivity index (χ0) is 17.5. The molecule has 4 heteroatoms. The Kier molecular flexibility index (Phi) is 13.9. The molecule has 0 aliphatic rings. The second-order valence-electron chi connectivity index (χ2n) is 6.34. The molecule has 0 radical (unpaired) electrons. The molecule has 0 aromatic carbocycles. The fourth-order valence-electron chi connectivity index (χ4n) is 2.55. The molecule has 0 saturated heterocycles. The lowest BCUT2D eigenvalue weighted by atomic mass is 10.1. The molecular formula is C19H36O4. The van der Waals surface area contributed by atoms with Gasteiger partial charge in [0.25, 0.3) is 0 Å². The molecule has 1 atom stereocenters. The van der Waals surface area contributed by atoms with E-state index >= 15 is 0 Å². The Hall–Kier alpha value is -1.06. The predicted octanol–water partition coefficient (Wildman–Crippen LogP) is 5.18. The Labute approximate surface area is 142 Å². The highest BCUT2D eigenvalue weighted by Crippen LogP contribution is 2.12. The summed E-state index contributed by atoms with van der Waals surface area (Å²) in [5, 5.41) is 0. The summed E-state index contributed by atoms with van der Waals surface area (Å²) in [5.41, 5.74) is 0. The summed E-state index contributed by atoms with van der Waals surface area (Å²) in [4.78, 5) is 23.5. The van der Waals surface area contributed by atoms with Crippen molar-refractivity contribution in [3.05, 3.63) is 0 Å². The van der Waals surface area contributed by atoms with Gasteiger partial charge in [-0.1, -0.05) is 46.5 Å². The Morgan fingerprint density at radius 2 is 1.30 bits per heavy atom. The van der Waals surface area contributed by atoms with Crippen molar-refractivity contribution in [3.63, 3.8) is 0 Å². The van der Waals surface area contributed by atoms with E-state index in [2.05, 4.69) is 20.8 Å². The van der Waals surface area contributed by atoms with E-state index in [1.54, 1.807) is 0 Å². The smallest absolute Gasteiger partial charge is 0.306 e. The Morgan fingerprint density at radius 3 is 1.83 bits per heavy atom. The average Bonchev–Trinajstić information content (AvgIpc) is 2.48. The van der Waals surface area contributed by atoms with Gasteiger partial charge < -0.3 is 9.47 Å². The summed E-state index contributed by atoms with van der Waals surface area (Å²) in [5.74, 6) is -0.402. The lowest BCUT2D eigenvalue weighted by Gasteiger charge is -2.16. The Balaban J connectivity index is 3.82. The maximum absolute atomic E-state index is 11.8. The number of unbranched alkanes of at least 4 members (excludes halogenated alkanes) is 2. The largest absolute Gasteiger partial charge is 0.463 e. The van der Waals surface area contributed by atoms with Gasteiger partial charge in [0.05, 0.1) is 6.10 Å². The molecule has 0 spiro atoms. The highest BCUT2D eigenvalue weighted by Gasteiger charge is 2.14. The molecule has 0 rings (SSSR count). The van der Waals surface area contributed by atoms with Crippen LogP contribution in [0, 0.1) is 0 Å². The summed E-state index contributed by atoms with van der Waals surface area (Å²) in [6, 6.07) is 0. The lowest BCUT2D eigenvalue weighted by molar-refractivity contribution is -0.151. The van der Waals surface area contributed by atoms with E-state index < -0.39 is 0 Å². The molecule has 0 aromatic heterocycles. The number of ether oxygens (including phenoxy) is 2. The fraction of sp³-hybridized carbons (Fsp3) is 0.895.